The van der Waals surface area contributed by atoms with Crippen LogP contribution in [0.2, 0.25) is 0 Å². The van der Waals surface area contributed by atoms with E-state index >= 15 is 0 Å². The number of thioether (sulfide) groups is 1. The molecule has 0 radical (unpaired) electrons. The van der Waals surface area contributed by atoms with Crippen molar-refractivity contribution < 1.29 is 0 Å². The summed E-state index contributed by atoms with van der Waals surface area (Å²) in [6.45, 7) is 4.58. The minimum atomic E-state index is 0.624. The fourth-order valence-electron chi connectivity index (χ4n) is 4.49. The summed E-state index contributed by atoms with van der Waals surface area (Å²) in [5.74, 6) is 1.65. The van der Waals surface area contributed by atoms with Gasteiger partial charge in [-0.15, -0.1) is 23.1 Å². The van der Waals surface area contributed by atoms with Crippen molar-refractivity contribution in [1.29, 1.82) is 0 Å². The number of thiophene rings is 1. The Hall–Kier alpha value is -1.98. The molecule has 5 heteroatoms. The zero-order chi connectivity index (χ0) is 20.5. The third kappa shape index (κ3) is 3.85. The molecule has 3 nitrogen and oxygen atoms in total. The van der Waals surface area contributed by atoms with E-state index in [1.54, 1.807) is 17.7 Å². The smallest absolute Gasteiger partial charge is 0.126 e. The maximum absolute atomic E-state index is 5.18. The van der Waals surface area contributed by atoms with Crippen LogP contribution in [0, 0.1) is 5.92 Å². The molecule has 0 saturated heterocycles. The molecule has 0 unspecified atom stereocenters. The van der Waals surface area contributed by atoms with Crippen LogP contribution in [0.4, 0.5) is 0 Å². The van der Waals surface area contributed by atoms with Crippen LogP contribution < -0.4 is 0 Å². The van der Waals surface area contributed by atoms with Crippen molar-refractivity contribution in [1.82, 2.24) is 15.0 Å². The first-order valence-electron chi connectivity index (χ1n) is 10.9. The van der Waals surface area contributed by atoms with E-state index in [0.717, 1.165) is 40.4 Å². The van der Waals surface area contributed by atoms with Gasteiger partial charge in [-0.3, -0.25) is 0 Å². The Bertz CT molecular complexity index is 1180. The lowest BCUT2D eigenvalue weighted by atomic mass is 9.87. The Morgan fingerprint density at radius 1 is 1.03 bits per heavy atom. The number of hydrogen-bond donors (Lipinski definition) is 0. The van der Waals surface area contributed by atoms with Crippen LogP contribution in [0.1, 0.15) is 49.1 Å². The predicted molar refractivity (Wildman–Crippen MR) is 129 cm³/mol. The van der Waals surface area contributed by atoms with E-state index in [4.69, 9.17) is 9.97 Å². The van der Waals surface area contributed by atoms with Crippen LogP contribution in [-0.4, -0.2) is 20.7 Å². The molecule has 0 amide bonds. The van der Waals surface area contributed by atoms with Crippen molar-refractivity contribution in [3.8, 4) is 0 Å². The standard InChI is InChI=1S/C25H27N3S2/c1-16(2)14-20-18-10-6-7-11-19(18)21-22-23(30-24(21)28-20)25(27-15-26-22)29-13-12-17-8-4-3-5-9-17/h3-5,8-9,15-16H,6-7,10-14H2,1-2H3. The van der Waals surface area contributed by atoms with Crippen LogP contribution in [-0.2, 0) is 25.7 Å². The van der Waals surface area contributed by atoms with E-state index in [2.05, 4.69) is 49.2 Å². The zero-order valence-corrected chi connectivity index (χ0v) is 19.3. The normalized spacial score (nSPS) is 14.0. The van der Waals surface area contributed by atoms with E-state index < -0.39 is 0 Å². The molecule has 0 aliphatic heterocycles. The topological polar surface area (TPSA) is 38.7 Å². The zero-order valence-electron chi connectivity index (χ0n) is 17.6. The second-order valence-corrected chi connectivity index (χ2v) is 10.6. The lowest BCUT2D eigenvalue weighted by Crippen LogP contribution is -2.11. The van der Waals surface area contributed by atoms with Gasteiger partial charge in [0.15, 0.2) is 0 Å². The van der Waals surface area contributed by atoms with E-state index in [9.17, 15) is 0 Å². The molecule has 154 valence electrons. The van der Waals surface area contributed by atoms with Gasteiger partial charge in [0.25, 0.3) is 0 Å². The van der Waals surface area contributed by atoms with Gasteiger partial charge in [-0.25, -0.2) is 15.0 Å². The summed E-state index contributed by atoms with van der Waals surface area (Å²) in [7, 11) is 0. The van der Waals surface area contributed by atoms with Gasteiger partial charge < -0.3 is 0 Å². The SMILES string of the molecule is CC(C)Cc1nc2sc3c(SCCc4ccccc4)ncnc3c2c2c1CCCC2. The number of pyridine rings is 1. The largest absolute Gasteiger partial charge is 0.242 e. The molecule has 3 heterocycles. The molecule has 0 fully saturated rings. The molecule has 0 spiro atoms. The highest BCUT2D eigenvalue weighted by atomic mass is 32.2. The van der Waals surface area contributed by atoms with Gasteiger partial charge in [-0.1, -0.05) is 44.2 Å². The molecule has 3 aromatic heterocycles. The Morgan fingerprint density at radius 3 is 2.63 bits per heavy atom. The van der Waals surface area contributed by atoms with Crippen molar-refractivity contribution in [2.24, 2.45) is 5.92 Å². The Morgan fingerprint density at radius 2 is 1.83 bits per heavy atom. The minimum absolute atomic E-state index is 0.624. The lowest BCUT2D eigenvalue weighted by Gasteiger charge is -2.20. The summed E-state index contributed by atoms with van der Waals surface area (Å²) in [5, 5.41) is 2.42. The Labute approximate surface area is 186 Å². The number of benzene rings is 1. The molecule has 1 aliphatic carbocycles. The summed E-state index contributed by atoms with van der Waals surface area (Å²) >= 11 is 3.64. The van der Waals surface area contributed by atoms with Crippen LogP contribution in [0.15, 0.2) is 41.7 Å². The van der Waals surface area contributed by atoms with Gasteiger partial charge in [-0.2, -0.15) is 0 Å². The summed E-state index contributed by atoms with van der Waals surface area (Å²) in [6.07, 6.45) is 8.74. The van der Waals surface area contributed by atoms with Crippen molar-refractivity contribution in [3.63, 3.8) is 0 Å². The van der Waals surface area contributed by atoms with Gasteiger partial charge in [-0.05, 0) is 61.1 Å². The molecular formula is C25H27N3S2. The first-order valence-corrected chi connectivity index (χ1v) is 12.8. The fraction of sp³-hybridized carbons (Fsp3) is 0.400. The second kappa shape index (κ2) is 8.64. The molecule has 30 heavy (non-hydrogen) atoms. The average Bonchev–Trinajstić information content (AvgIpc) is 3.14. The van der Waals surface area contributed by atoms with Gasteiger partial charge in [0.2, 0.25) is 0 Å². The van der Waals surface area contributed by atoms with Crippen LogP contribution in [0.3, 0.4) is 0 Å². The van der Waals surface area contributed by atoms with E-state index in [0.29, 0.717) is 5.92 Å². The number of nitrogens with zero attached hydrogens (tertiary/aromatic N) is 3. The van der Waals surface area contributed by atoms with Crippen molar-refractivity contribution >= 4 is 43.5 Å². The fourth-order valence-corrected chi connectivity index (χ4v) is 6.73. The lowest BCUT2D eigenvalue weighted by molar-refractivity contribution is 0.615. The molecule has 0 bridgehead atoms. The third-order valence-corrected chi connectivity index (χ3v) is 8.05. The van der Waals surface area contributed by atoms with Crippen LogP contribution in [0.25, 0.3) is 20.4 Å². The van der Waals surface area contributed by atoms with E-state index in [1.165, 1.54) is 51.7 Å². The van der Waals surface area contributed by atoms with E-state index in [-0.39, 0.29) is 0 Å². The monoisotopic (exact) mass is 433 g/mol. The number of fused-ring (bicyclic) bond motifs is 5. The molecule has 1 aliphatic rings. The highest BCUT2D eigenvalue weighted by Gasteiger charge is 2.23. The van der Waals surface area contributed by atoms with Gasteiger partial charge in [0.05, 0.1) is 10.2 Å². The summed E-state index contributed by atoms with van der Waals surface area (Å²) in [6, 6.07) is 10.7. The van der Waals surface area contributed by atoms with Crippen molar-refractivity contribution in [3.05, 3.63) is 59.0 Å². The second-order valence-electron chi connectivity index (χ2n) is 8.54. The Balaban J connectivity index is 1.54. The highest BCUT2D eigenvalue weighted by Crippen LogP contribution is 2.41. The third-order valence-electron chi connectivity index (χ3n) is 5.85. The Kier molecular flexibility index (Phi) is 5.74. The number of aryl methyl sites for hydroxylation is 2. The summed E-state index contributed by atoms with van der Waals surface area (Å²) in [5.41, 5.74) is 6.85. The first-order chi connectivity index (χ1) is 14.7. The predicted octanol–water partition coefficient (Wildman–Crippen LogP) is 6.65. The van der Waals surface area contributed by atoms with E-state index in [1.807, 2.05) is 11.8 Å². The maximum Gasteiger partial charge on any atom is 0.126 e. The molecule has 1 aromatic carbocycles. The number of hydrogen-bond acceptors (Lipinski definition) is 5. The summed E-state index contributed by atoms with van der Waals surface area (Å²) < 4.78 is 1.22. The summed E-state index contributed by atoms with van der Waals surface area (Å²) in [4.78, 5) is 15.7. The average molecular weight is 434 g/mol. The van der Waals surface area contributed by atoms with Gasteiger partial charge in [0, 0.05) is 16.8 Å². The highest BCUT2D eigenvalue weighted by molar-refractivity contribution is 7.99. The van der Waals surface area contributed by atoms with Gasteiger partial charge in [0.1, 0.15) is 16.2 Å². The quantitative estimate of drug-likeness (QED) is 0.252. The molecule has 0 saturated carbocycles. The molecular weight excluding hydrogens is 406 g/mol. The van der Waals surface area contributed by atoms with Gasteiger partial charge >= 0.3 is 0 Å². The van der Waals surface area contributed by atoms with Crippen LogP contribution in [0.5, 0.6) is 0 Å². The molecule has 5 rings (SSSR count). The molecule has 0 N–H and O–H groups in total. The molecule has 4 aromatic rings. The number of aromatic nitrogens is 3. The van der Waals surface area contributed by atoms with Crippen molar-refractivity contribution in [2.45, 2.75) is 57.4 Å². The first kappa shape index (κ1) is 20.0. The number of rotatable bonds is 6. The van der Waals surface area contributed by atoms with Crippen LogP contribution >= 0.6 is 23.1 Å². The van der Waals surface area contributed by atoms with Crippen molar-refractivity contribution in [2.75, 3.05) is 5.75 Å². The maximum atomic E-state index is 5.18. The minimum Gasteiger partial charge on any atom is -0.242 e. The molecule has 0 atom stereocenters.